The van der Waals surface area contributed by atoms with Crippen LogP contribution in [0.15, 0.2) is 16.9 Å². The van der Waals surface area contributed by atoms with Crippen LogP contribution < -0.4 is 10.9 Å². The number of unbranched alkanes of at least 4 members (excludes halogenated alkanes) is 2. The highest BCUT2D eigenvalue weighted by atomic mass is 16.2. The molecule has 5 heteroatoms. The Morgan fingerprint density at radius 2 is 2.06 bits per heavy atom. The Morgan fingerprint density at radius 1 is 1.28 bits per heavy atom. The lowest BCUT2D eigenvalue weighted by atomic mass is 10.2. The molecule has 0 atom stereocenters. The van der Waals surface area contributed by atoms with E-state index in [0.717, 1.165) is 25.7 Å². The smallest absolute Gasteiger partial charge is 0.271 e. The van der Waals surface area contributed by atoms with Crippen LogP contribution in [0.3, 0.4) is 0 Å². The molecule has 1 heterocycles. The van der Waals surface area contributed by atoms with Crippen LogP contribution in [0.5, 0.6) is 0 Å². The van der Waals surface area contributed by atoms with E-state index in [-0.39, 0.29) is 11.5 Å². The summed E-state index contributed by atoms with van der Waals surface area (Å²) in [5.74, 6) is -0.212. The molecule has 0 fully saturated rings. The Morgan fingerprint density at radius 3 is 2.72 bits per heavy atom. The number of nitrogens with one attached hydrogen (secondary N) is 1. The van der Waals surface area contributed by atoms with Gasteiger partial charge in [-0.15, -0.1) is 0 Å². The van der Waals surface area contributed by atoms with Gasteiger partial charge in [0.05, 0.1) is 0 Å². The van der Waals surface area contributed by atoms with E-state index < -0.39 is 0 Å². The Hall–Kier alpha value is -1.65. The second-order valence-corrected chi connectivity index (χ2v) is 4.24. The van der Waals surface area contributed by atoms with Gasteiger partial charge in [-0.05, 0) is 18.9 Å². The summed E-state index contributed by atoms with van der Waals surface area (Å²) < 4.78 is 1.33. The van der Waals surface area contributed by atoms with Crippen LogP contribution in [0, 0.1) is 0 Å². The molecule has 100 valence electrons. The maximum absolute atomic E-state index is 11.8. The van der Waals surface area contributed by atoms with Gasteiger partial charge in [-0.3, -0.25) is 9.59 Å². The minimum absolute atomic E-state index is 0.167. The number of aromatic nitrogens is 2. The van der Waals surface area contributed by atoms with Crippen LogP contribution in [-0.4, -0.2) is 22.2 Å². The summed E-state index contributed by atoms with van der Waals surface area (Å²) in [5.41, 5.74) is 0.138. The third-order valence-electron chi connectivity index (χ3n) is 2.60. The summed E-state index contributed by atoms with van der Waals surface area (Å²) in [6, 6.07) is 2.87. The maximum atomic E-state index is 11.8. The lowest BCUT2D eigenvalue weighted by Gasteiger charge is -2.06. The van der Waals surface area contributed by atoms with Gasteiger partial charge in [0.25, 0.3) is 11.5 Å². The average Bonchev–Trinajstić information content (AvgIpc) is 2.37. The van der Waals surface area contributed by atoms with Crippen molar-refractivity contribution >= 4 is 5.91 Å². The zero-order valence-electron chi connectivity index (χ0n) is 11.1. The van der Waals surface area contributed by atoms with E-state index in [1.165, 1.54) is 16.8 Å². The molecule has 1 aromatic heterocycles. The zero-order chi connectivity index (χ0) is 13.4. The number of carbonyl (C=O) groups excluding carboxylic acids is 1. The van der Waals surface area contributed by atoms with E-state index in [0.29, 0.717) is 18.8 Å². The highest BCUT2D eigenvalue weighted by Crippen LogP contribution is 1.94. The van der Waals surface area contributed by atoms with Gasteiger partial charge in [-0.1, -0.05) is 26.7 Å². The molecule has 1 amide bonds. The van der Waals surface area contributed by atoms with Crippen molar-refractivity contribution < 1.29 is 4.79 Å². The molecule has 0 aliphatic rings. The minimum Gasteiger partial charge on any atom is -0.351 e. The molecule has 1 rings (SSSR count). The molecule has 5 nitrogen and oxygen atoms in total. The van der Waals surface area contributed by atoms with Gasteiger partial charge in [-0.25, -0.2) is 4.68 Å². The lowest BCUT2D eigenvalue weighted by Crippen LogP contribution is -2.30. The molecule has 0 saturated heterocycles. The zero-order valence-corrected chi connectivity index (χ0v) is 11.1. The quantitative estimate of drug-likeness (QED) is 0.748. The number of amides is 1. The van der Waals surface area contributed by atoms with Gasteiger partial charge in [0.15, 0.2) is 0 Å². The van der Waals surface area contributed by atoms with Gasteiger partial charge in [0.1, 0.15) is 5.69 Å². The molecule has 1 aromatic rings. The molecule has 0 aliphatic carbocycles. The molecule has 0 radical (unpaired) electrons. The fourth-order valence-corrected chi connectivity index (χ4v) is 1.61. The number of rotatable bonds is 7. The Balaban J connectivity index is 2.62. The molecule has 1 N–H and O–H groups in total. The summed E-state index contributed by atoms with van der Waals surface area (Å²) in [6.07, 6.45) is 4.00. The number of carbonyl (C=O) groups is 1. The van der Waals surface area contributed by atoms with Crippen LogP contribution in [0.4, 0.5) is 0 Å². The molecule has 0 spiro atoms. The topological polar surface area (TPSA) is 64.0 Å². The Kier molecular flexibility index (Phi) is 6.11. The van der Waals surface area contributed by atoms with E-state index in [2.05, 4.69) is 17.3 Å². The Bertz CT molecular complexity index is 440. The monoisotopic (exact) mass is 251 g/mol. The number of aryl methyl sites for hydroxylation is 1. The highest BCUT2D eigenvalue weighted by molar-refractivity contribution is 5.91. The Labute approximate surface area is 107 Å². The third kappa shape index (κ3) is 4.31. The summed E-state index contributed by atoms with van der Waals surface area (Å²) in [6.45, 7) is 5.27. The van der Waals surface area contributed by atoms with Crippen molar-refractivity contribution in [2.24, 2.45) is 0 Å². The highest BCUT2D eigenvalue weighted by Gasteiger charge is 2.08. The first kappa shape index (κ1) is 14.4. The van der Waals surface area contributed by atoms with Crippen molar-refractivity contribution in [2.75, 3.05) is 6.54 Å². The summed E-state index contributed by atoms with van der Waals surface area (Å²) in [7, 11) is 0. The fourth-order valence-electron chi connectivity index (χ4n) is 1.61. The van der Waals surface area contributed by atoms with Gasteiger partial charge in [0.2, 0.25) is 0 Å². The summed E-state index contributed by atoms with van der Waals surface area (Å²) in [5, 5.41) is 6.86. The van der Waals surface area contributed by atoms with Crippen LogP contribution >= 0.6 is 0 Å². The van der Waals surface area contributed by atoms with Crippen LogP contribution in [0.25, 0.3) is 0 Å². The first-order valence-electron chi connectivity index (χ1n) is 6.55. The standard InChI is InChI=1S/C13H21N3O2/c1-3-5-6-9-14-13(18)11-7-8-12(17)16(15-11)10-4-2/h7-8H,3-6,9-10H2,1-2H3,(H,14,18). The second-order valence-electron chi connectivity index (χ2n) is 4.24. The third-order valence-corrected chi connectivity index (χ3v) is 2.60. The van der Waals surface area contributed by atoms with E-state index in [4.69, 9.17) is 0 Å². The largest absolute Gasteiger partial charge is 0.351 e. The lowest BCUT2D eigenvalue weighted by molar-refractivity contribution is 0.0945. The molecule has 0 aliphatic heterocycles. The summed E-state index contributed by atoms with van der Waals surface area (Å²) >= 11 is 0. The average molecular weight is 251 g/mol. The predicted octanol–water partition coefficient (Wildman–Crippen LogP) is 1.57. The van der Waals surface area contributed by atoms with E-state index in [9.17, 15) is 9.59 Å². The van der Waals surface area contributed by atoms with Crippen molar-refractivity contribution in [1.29, 1.82) is 0 Å². The van der Waals surface area contributed by atoms with Crippen molar-refractivity contribution in [3.05, 3.63) is 28.2 Å². The minimum atomic E-state index is -0.212. The normalized spacial score (nSPS) is 10.3. The first-order chi connectivity index (χ1) is 8.69. The molecule has 0 unspecified atom stereocenters. The van der Waals surface area contributed by atoms with Gasteiger partial charge in [-0.2, -0.15) is 5.10 Å². The first-order valence-corrected chi connectivity index (χ1v) is 6.55. The number of nitrogens with zero attached hydrogens (tertiary/aromatic N) is 2. The van der Waals surface area contributed by atoms with Crippen molar-refractivity contribution in [2.45, 2.75) is 46.1 Å². The van der Waals surface area contributed by atoms with Crippen molar-refractivity contribution in [1.82, 2.24) is 15.1 Å². The van der Waals surface area contributed by atoms with Crippen molar-refractivity contribution in [3.63, 3.8) is 0 Å². The maximum Gasteiger partial charge on any atom is 0.271 e. The van der Waals surface area contributed by atoms with Crippen LogP contribution in [0.2, 0.25) is 0 Å². The molecule has 18 heavy (non-hydrogen) atoms. The van der Waals surface area contributed by atoms with Gasteiger partial charge in [0, 0.05) is 19.2 Å². The predicted molar refractivity (Wildman–Crippen MR) is 70.6 cm³/mol. The number of hydrogen-bond acceptors (Lipinski definition) is 3. The fraction of sp³-hybridized carbons (Fsp3) is 0.615. The van der Waals surface area contributed by atoms with Crippen molar-refractivity contribution in [3.8, 4) is 0 Å². The SMILES string of the molecule is CCCCCNC(=O)c1ccc(=O)n(CCC)n1. The van der Waals surface area contributed by atoms with Crippen LogP contribution in [-0.2, 0) is 6.54 Å². The molecule has 0 aromatic carbocycles. The molecule has 0 bridgehead atoms. The second kappa shape index (κ2) is 7.63. The number of hydrogen-bond donors (Lipinski definition) is 1. The molecular formula is C13H21N3O2. The molecule has 0 saturated carbocycles. The van der Waals surface area contributed by atoms with E-state index in [1.54, 1.807) is 0 Å². The van der Waals surface area contributed by atoms with E-state index >= 15 is 0 Å². The van der Waals surface area contributed by atoms with Crippen LogP contribution in [0.1, 0.15) is 50.0 Å². The summed E-state index contributed by atoms with van der Waals surface area (Å²) in [4.78, 5) is 23.2. The molecular weight excluding hydrogens is 230 g/mol. The van der Waals surface area contributed by atoms with Gasteiger partial charge < -0.3 is 5.32 Å². The van der Waals surface area contributed by atoms with Gasteiger partial charge >= 0.3 is 0 Å². The van der Waals surface area contributed by atoms with E-state index in [1.807, 2.05) is 6.92 Å².